The maximum atomic E-state index is 12.4. The van der Waals surface area contributed by atoms with Gasteiger partial charge < -0.3 is 9.57 Å². The van der Waals surface area contributed by atoms with Crippen molar-refractivity contribution in [2.45, 2.75) is 39.5 Å². The van der Waals surface area contributed by atoms with Crippen LogP contribution in [0.4, 0.5) is 13.2 Å². The second kappa shape index (κ2) is 6.37. The van der Waals surface area contributed by atoms with Crippen molar-refractivity contribution in [2.75, 3.05) is 7.11 Å². The van der Waals surface area contributed by atoms with Crippen LogP contribution in [0.25, 0.3) is 0 Å². The molecule has 0 saturated heterocycles. The van der Waals surface area contributed by atoms with Gasteiger partial charge in [0.25, 0.3) is 0 Å². The van der Waals surface area contributed by atoms with Crippen molar-refractivity contribution in [3.63, 3.8) is 0 Å². The van der Waals surface area contributed by atoms with Gasteiger partial charge in [-0.1, -0.05) is 17.3 Å². The van der Waals surface area contributed by atoms with Gasteiger partial charge in [0, 0.05) is 5.56 Å². The van der Waals surface area contributed by atoms with E-state index in [-0.39, 0.29) is 0 Å². The molecule has 1 aromatic carbocycles. The van der Waals surface area contributed by atoms with Crippen LogP contribution in [0.15, 0.2) is 17.3 Å². The normalized spacial score (nSPS) is 12.5. The summed E-state index contributed by atoms with van der Waals surface area (Å²) in [6, 6.07) is 3.32. The van der Waals surface area contributed by atoms with Crippen molar-refractivity contribution in [1.82, 2.24) is 0 Å². The van der Waals surface area contributed by atoms with E-state index >= 15 is 0 Å². The third kappa shape index (κ3) is 4.22. The van der Waals surface area contributed by atoms with Gasteiger partial charge in [-0.3, -0.25) is 0 Å². The predicted molar refractivity (Wildman–Crippen MR) is 75.7 cm³/mol. The molecule has 0 spiro atoms. The first-order chi connectivity index (χ1) is 9.99. The number of carbonyl (C=O) groups excluding carboxylic acids is 1. The number of rotatable bonds is 4. The van der Waals surface area contributed by atoms with Crippen LogP contribution < -0.4 is 0 Å². The Morgan fingerprint density at radius 3 is 2.09 bits per heavy atom. The molecule has 4 nitrogen and oxygen atoms in total. The highest BCUT2D eigenvalue weighted by atomic mass is 19.4. The summed E-state index contributed by atoms with van der Waals surface area (Å²) >= 11 is 0. The molecule has 0 aromatic heterocycles. The number of hydrogen-bond acceptors (Lipinski definition) is 4. The molecule has 1 rings (SSSR count). The third-order valence-electron chi connectivity index (χ3n) is 3.16. The molecule has 0 aliphatic rings. The zero-order valence-corrected chi connectivity index (χ0v) is 13.0. The Kier molecular flexibility index (Phi) is 5.22. The van der Waals surface area contributed by atoms with Crippen LogP contribution in [0.2, 0.25) is 0 Å². The summed E-state index contributed by atoms with van der Waals surface area (Å²) < 4.78 is 41.7. The molecule has 0 saturated carbocycles. The van der Waals surface area contributed by atoms with Gasteiger partial charge in [0.2, 0.25) is 0 Å². The molecule has 7 heteroatoms. The summed E-state index contributed by atoms with van der Waals surface area (Å²) in [5.74, 6) is -2.21. The van der Waals surface area contributed by atoms with Gasteiger partial charge in [-0.25, -0.2) is 4.79 Å². The number of alkyl halides is 3. The molecule has 0 N–H and O–H groups in total. The van der Waals surface area contributed by atoms with Crippen LogP contribution in [-0.4, -0.2) is 25.5 Å². The molecule has 0 aliphatic carbocycles. The van der Waals surface area contributed by atoms with E-state index in [9.17, 15) is 18.0 Å². The van der Waals surface area contributed by atoms with Crippen LogP contribution in [0.5, 0.6) is 0 Å². The number of halogens is 3. The van der Waals surface area contributed by atoms with E-state index in [0.717, 1.165) is 16.7 Å². The van der Waals surface area contributed by atoms with Crippen LogP contribution in [-0.2, 0) is 20.0 Å². The van der Waals surface area contributed by atoms with Gasteiger partial charge in [-0.15, -0.1) is 0 Å². The van der Waals surface area contributed by atoms with Crippen LogP contribution in [0.1, 0.15) is 36.1 Å². The van der Waals surface area contributed by atoms with Crippen LogP contribution in [0, 0.1) is 13.8 Å². The molecule has 0 radical (unpaired) electrons. The van der Waals surface area contributed by atoms with Crippen molar-refractivity contribution in [3.05, 3.63) is 34.4 Å². The Morgan fingerprint density at radius 1 is 1.18 bits per heavy atom. The van der Waals surface area contributed by atoms with E-state index < -0.39 is 17.7 Å². The average molecular weight is 317 g/mol. The summed E-state index contributed by atoms with van der Waals surface area (Å²) in [6.07, 6.45) is -3.50. The molecule has 0 bridgehead atoms. The fourth-order valence-corrected chi connectivity index (χ4v) is 1.98. The minimum absolute atomic E-state index is 0.467. The molecule has 1 aromatic rings. The highest BCUT2D eigenvalue weighted by molar-refractivity contribution is 5.83. The monoisotopic (exact) mass is 317 g/mol. The molecule has 122 valence electrons. The summed E-state index contributed by atoms with van der Waals surface area (Å²) in [6.45, 7) is 6.39. The molecule has 22 heavy (non-hydrogen) atoms. The van der Waals surface area contributed by atoms with Gasteiger partial charge in [0.15, 0.2) is 0 Å². The van der Waals surface area contributed by atoms with Crippen molar-refractivity contribution >= 4 is 12.2 Å². The Morgan fingerprint density at radius 2 is 1.68 bits per heavy atom. The molecule has 0 aliphatic heterocycles. The van der Waals surface area contributed by atoms with E-state index in [1.54, 1.807) is 26.0 Å². The number of hydrogen-bond donors (Lipinski definition) is 0. The van der Waals surface area contributed by atoms with Gasteiger partial charge in [0.05, 0.1) is 6.21 Å². The molecule has 0 unspecified atom stereocenters. The largest absolute Gasteiger partial charge is 0.490 e. The number of ether oxygens (including phenoxy) is 1. The van der Waals surface area contributed by atoms with Crippen LogP contribution in [0.3, 0.4) is 0 Å². The first-order valence-electron chi connectivity index (χ1n) is 6.47. The minimum atomic E-state index is -5.02. The van der Waals surface area contributed by atoms with E-state index in [2.05, 4.69) is 14.7 Å². The number of nitrogens with zero attached hydrogens (tertiary/aromatic N) is 1. The van der Waals surface area contributed by atoms with Crippen molar-refractivity contribution in [1.29, 1.82) is 0 Å². The summed E-state index contributed by atoms with van der Waals surface area (Å²) in [7, 11) is 1.41. The highest BCUT2D eigenvalue weighted by Crippen LogP contribution is 2.31. The first kappa shape index (κ1) is 18.0. The summed E-state index contributed by atoms with van der Waals surface area (Å²) in [5, 5.41) is 3.68. The zero-order chi connectivity index (χ0) is 17.1. The Balaban J connectivity index is 3.16. The quantitative estimate of drug-likeness (QED) is 0.484. The third-order valence-corrected chi connectivity index (χ3v) is 3.16. The Labute approximate surface area is 126 Å². The maximum absolute atomic E-state index is 12.4. The van der Waals surface area contributed by atoms with Crippen molar-refractivity contribution < 1.29 is 27.5 Å². The number of oxime groups is 1. The van der Waals surface area contributed by atoms with E-state index in [0.29, 0.717) is 5.56 Å². The topological polar surface area (TPSA) is 47.9 Å². The molecule has 0 fully saturated rings. The van der Waals surface area contributed by atoms with Gasteiger partial charge in [0.1, 0.15) is 12.7 Å². The number of esters is 1. The van der Waals surface area contributed by atoms with E-state index in [1.165, 1.54) is 27.2 Å². The molecular weight excluding hydrogens is 299 g/mol. The lowest BCUT2D eigenvalue weighted by Gasteiger charge is -2.27. The molecule has 0 amide bonds. The Hall–Kier alpha value is -2.05. The van der Waals surface area contributed by atoms with E-state index in [4.69, 9.17) is 0 Å². The lowest BCUT2D eigenvalue weighted by atomic mass is 9.91. The van der Waals surface area contributed by atoms with Crippen LogP contribution >= 0.6 is 0 Å². The molecule has 0 atom stereocenters. The lowest BCUT2D eigenvalue weighted by molar-refractivity contribution is -0.212. The maximum Gasteiger partial charge on any atom is 0.490 e. The standard InChI is InChI=1S/C15H18F3NO3/c1-9-6-11(7-10(2)12(9)8-19-21-5)14(3,4)22-13(20)15(16,17)18/h6-8H,1-5H3/b19-8-. The van der Waals surface area contributed by atoms with Gasteiger partial charge in [-0.05, 0) is 44.4 Å². The zero-order valence-electron chi connectivity index (χ0n) is 13.0. The molecular formula is C15H18F3NO3. The fraction of sp³-hybridized carbons (Fsp3) is 0.467. The lowest BCUT2D eigenvalue weighted by Crippen LogP contribution is -2.34. The van der Waals surface area contributed by atoms with Gasteiger partial charge >= 0.3 is 12.1 Å². The predicted octanol–water partition coefficient (Wildman–Crippen LogP) is 3.62. The van der Waals surface area contributed by atoms with Crippen molar-refractivity contribution in [3.8, 4) is 0 Å². The summed E-state index contributed by atoms with van der Waals surface area (Å²) in [5.41, 5.74) is 1.43. The highest BCUT2D eigenvalue weighted by Gasteiger charge is 2.44. The first-order valence-corrected chi connectivity index (χ1v) is 6.47. The second-order valence-corrected chi connectivity index (χ2v) is 5.34. The van der Waals surface area contributed by atoms with Crippen molar-refractivity contribution in [2.24, 2.45) is 5.16 Å². The smallest absolute Gasteiger partial charge is 0.448 e. The number of carbonyl (C=O) groups is 1. The van der Waals surface area contributed by atoms with Gasteiger partial charge in [-0.2, -0.15) is 13.2 Å². The minimum Gasteiger partial charge on any atom is -0.448 e. The Bertz CT molecular complexity index is 569. The molecule has 0 heterocycles. The fourth-order valence-electron chi connectivity index (χ4n) is 1.98. The number of benzene rings is 1. The summed E-state index contributed by atoms with van der Waals surface area (Å²) in [4.78, 5) is 15.7. The average Bonchev–Trinajstić information content (AvgIpc) is 2.36. The second-order valence-electron chi connectivity index (χ2n) is 5.34. The van der Waals surface area contributed by atoms with E-state index in [1.807, 2.05) is 0 Å². The SMILES string of the molecule is CO/N=C\c1c(C)cc(C(C)(C)OC(=O)C(F)(F)F)cc1C. The number of aryl methyl sites for hydroxylation is 2.